The molecule has 1 saturated heterocycles. The Balaban J connectivity index is 2.60. The summed E-state index contributed by atoms with van der Waals surface area (Å²) in [4.78, 5) is 30.6. The fraction of sp³-hybridized carbons (Fsp3) is 0.875. The van der Waals surface area contributed by atoms with Gasteiger partial charge in [0.2, 0.25) is 0 Å². The molecule has 2 amide bonds. The molecule has 0 spiro atoms. The van der Waals surface area contributed by atoms with Crippen molar-refractivity contribution in [3.63, 3.8) is 0 Å². The van der Waals surface area contributed by atoms with E-state index in [9.17, 15) is 9.59 Å². The van der Waals surface area contributed by atoms with Crippen LogP contribution in [0.25, 0.3) is 0 Å². The average Bonchev–Trinajstić information content (AvgIpc) is 2.45. The molecule has 0 unspecified atom stereocenters. The van der Waals surface area contributed by atoms with Gasteiger partial charge in [0.15, 0.2) is 0 Å². The summed E-state index contributed by atoms with van der Waals surface area (Å²) in [7, 11) is 0. The largest absolute Gasteiger partial charge is 0.334 e. The second-order valence-corrected chi connectivity index (χ2v) is 6.92. The van der Waals surface area contributed by atoms with Gasteiger partial charge in [0.05, 0.1) is 0 Å². The van der Waals surface area contributed by atoms with E-state index < -0.39 is 0 Å². The molecule has 128 valence electrons. The maximum atomic E-state index is 12.5. The van der Waals surface area contributed by atoms with Gasteiger partial charge in [-0.1, -0.05) is 27.7 Å². The Morgan fingerprint density at radius 3 is 1.91 bits per heavy atom. The van der Waals surface area contributed by atoms with Crippen molar-refractivity contribution in [2.75, 3.05) is 52.4 Å². The Kier molecular flexibility index (Phi) is 7.82. The average molecular weight is 312 g/mol. The van der Waals surface area contributed by atoms with Crippen LogP contribution in [0, 0.1) is 11.8 Å². The van der Waals surface area contributed by atoms with Crippen LogP contribution in [0.4, 0.5) is 0 Å². The lowest BCUT2D eigenvalue weighted by atomic mass is 10.1. The third kappa shape index (κ3) is 5.93. The number of hydrogen-bond donors (Lipinski definition) is 1. The van der Waals surface area contributed by atoms with Crippen molar-refractivity contribution in [1.29, 1.82) is 0 Å². The molecule has 0 saturated carbocycles. The molecule has 0 aromatic carbocycles. The van der Waals surface area contributed by atoms with Crippen molar-refractivity contribution in [3.8, 4) is 0 Å². The minimum Gasteiger partial charge on any atom is -0.334 e. The van der Waals surface area contributed by atoms with E-state index >= 15 is 0 Å². The molecule has 0 aliphatic carbocycles. The van der Waals surface area contributed by atoms with Gasteiger partial charge in [-0.3, -0.25) is 14.5 Å². The molecule has 0 aromatic heterocycles. The Labute approximate surface area is 134 Å². The smallest absolute Gasteiger partial charge is 0.312 e. The highest BCUT2D eigenvalue weighted by atomic mass is 16.2. The van der Waals surface area contributed by atoms with E-state index in [-0.39, 0.29) is 11.8 Å². The quantitative estimate of drug-likeness (QED) is 0.713. The molecule has 6 nitrogen and oxygen atoms in total. The Hall–Kier alpha value is -1.14. The molecule has 1 aliphatic rings. The zero-order valence-corrected chi connectivity index (χ0v) is 14.5. The number of rotatable bonds is 6. The first-order valence-electron chi connectivity index (χ1n) is 8.35. The number of carbonyl (C=O) groups is 2. The first-order chi connectivity index (χ1) is 10.3. The highest BCUT2D eigenvalue weighted by Gasteiger charge is 2.29. The van der Waals surface area contributed by atoms with E-state index in [0.29, 0.717) is 44.6 Å². The second-order valence-electron chi connectivity index (χ2n) is 6.92. The maximum absolute atomic E-state index is 12.5. The van der Waals surface area contributed by atoms with E-state index in [2.05, 4.69) is 32.6 Å². The van der Waals surface area contributed by atoms with Crippen LogP contribution in [0.15, 0.2) is 0 Å². The normalized spacial score (nSPS) is 16.4. The van der Waals surface area contributed by atoms with E-state index in [1.165, 1.54) is 0 Å². The van der Waals surface area contributed by atoms with Crippen molar-refractivity contribution in [2.45, 2.75) is 27.7 Å². The summed E-state index contributed by atoms with van der Waals surface area (Å²) in [6, 6.07) is 0. The molecular weight excluding hydrogens is 280 g/mol. The molecule has 6 heteroatoms. The van der Waals surface area contributed by atoms with Crippen molar-refractivity contribution in [1.82, 2.24) is 14.7 Å². The minimum absolute atomic E-state index is 0.352. The van der Waals surface area contributed by atoms with Crippen LogP contribution in [0.2, 0.25) is 0 Å². The Morgan fingerprint density at radius 1 is 1.00 bits per heavy atom. The number of nitrogens with two attached hydrogens (primary N) is 1. The number of nitrogens with zero attached hydrogens (tertiary/aromatic N) is 3. The molecule has 1 rings (SSSR count). The third-order valence-corrected chi connectivity index (χ3v) is 3.75. The SMILES string of the molecule is CC(C)CN(CC(C)C)C(=O)C(=O)N1CCN(CCN)CC1. The van der Waals surface area contributed by atoms with Gasteiger partial charge in [-0.15, -0.1) is 0 Å². The summed E-state index contributed by atoms with van der Waals surface area (Å²) in [5.41, 5.74) is 5.55. The van der Waals surface area contributed by atoms with Gasteiger partial charge >= 0.3 is 11.8 Å². The van der Waals surface area contributed by atoms with Gasteiger partial charge in [-0.05, 0) is 11.8 Å². The Bertz CT molecular complexity index is 353. The van der Waals surface area contributed by atoms with Crippen LogP contribution in [0.1, 0.15) is 27.7 Å². The van der Waals surface area contributed by atoms with Gasteiger partial charge in [0, 0.05) is 52.4 Å². The minimum atomic E-state index is -0.353. The molecule has 0 atom stereocenters. The van der Waals surface area contributed by atoms with E-state index in [1.54, 1.807) is 9.80 Å². The van der Waals surface area contributed by atoms with Crippen LogP contribution in [0.5, 0.6) is 0 Å². The Morgan fingerprint density at radius 2 is 1.50 bits per heavy atom. The zero-order chi connectivity index (χ0) is 16.7. The standard InChI is InChI=1S/C16H32N4O2/c1-13(2)11-20(12-14(3)4)16(22)15(21)19-9-7-18(6-5-17)8-10-19/h13-14H,5-12,17H2,1-4H3. The van der Waals surface area contributed by atoms with Crippen molar-refractivity contribution in [3.05, 3.63) is 0 Å². The number of hydrogen-bond acceptors (Lipinski definition) is 4. The summed E-state index contributed by atoms with van der Waals surface area (Å²) in [6.07, 6.45) is 0. The number of carbonyl (C=O) groups excluding carboxylic acids is 2. The van der Waals surface area contributed by atoms with Crippen LogP contribution < -0.4 is 5.73 Å². The highest BCUT2D eigenvalue weighted by Crippen LogP contribution is 2.08. The molecule has 0 aromatic rings. The van der Waals surface area contributed by atoms with E-state index in [0.717, 1.165) is 19.6 Å². The van der Waals surface area contributed by atoms with Gasteiger partial charge in [0.1, 0.15) is 0 Å². The lowest BCUT2D eigenvalue weighted by Gasteiger charge is -2.35. The first kappa shape index (κ1) is 18.9. The van der Waals surface area contributed by atoms with Gasteiger partial charge in [0.25, 0.3) is 0 Å². The van der Waals surface area contributed by atoms with Crippen LogP contribution in [-0.2, 0) is 9.59 Å². The third-order valence-electron chi connectivity index (χ3n) is 3.75. The number of amides is 2. The molecule has 0 bridgehead atoms. The maximum Gasteiger partial charge on any atom is 0.312 e. The summed E-state index contributed by atoms with van der Waals surface area (Å²) in [6.45, 7) is 13.8. The molecule has 2 N–H and O–H groups in total. The molecule has 1 aliphatic heterocycles. The van der Waals surface area contributed by atoms with Crippen LogP contribution in [-0.4, -0.2) is 78.9 Å². The van der Waals surface area contributed by atoms with Gasteiger partial charge in [-0.2, -0.15) is 0 Å². The second kappa shape index (κ2) is 9.10. The fourth-order valence-corrected chi connectivity index (χ4v) is 2.75. The van der Waals surface area contributed by atoms with Crippen molar-refractivity contribution >= 4 is 11.8 Å². The summed E-state index contributed by atoms with van der Waals surface area (Å²) >= 11 is 0. The van der Waals surface area contributed by atoms with E-state index in [4.69, 9.17) is 5.73 Å². The topological polar surface area (TPSA) is 69.9 Å². The fourth-order valence-electron chi connectivity index (χ4n) is 2.75. The first-order valence-corrected chi connectivity index (χ1v) is 8.35. The molecule has 1 heterocycles. The predicted octanol–water partition coefficient (Wildman–Crippen LogP) is 0.230. The van der Waals surface area contributed by atoms with E-state index in [1.807, 2.05) is 0 Å². The monoisotopic (exact) mass is 312 g/mol. The summed E-state index contributed by atoms with van der Waals surface area (Å²) in [5, 5.41) is 0. The zero-order valence-electron chi connectivity index (χ0n) is 14.5. The molecular formula is C16H32N4O2. The van der Waals surface area contributed by atoms with Crippen molar-refractivity contribution in [2.24, 2.45) is 17.6 Å². The molecule has 22 heavy (non-hydrogen) atoms. The van der Waals surface area contributed by atoms with Crippen LogP contribution in [0.3, 0.4) is 0 Å². The summed E-state index contributed by atoms with van der Waals surface area (Å²) in [5.74, 6) is 0.0113. The lowest BCUT2D eigenvalue weighted by Crippen LogP contribution is -2.54. The predicted molar refractivity (Wildman–Crippen MR) is 88.3 cm³/mol. The van der Waals surface area contributed by atoms with Crippen LogP contribution >= 0.6 is 0 Å². The van der Waals surface area contributed by atoms with Crippen molar-refractivity contribution < 1.29 is 9.59 Å². The highest BCUT2D eigenvalue weighted by molar-refractivity contribution is 6.34. The lowest BCUT2D eigenvalue weighted by molar-refractivity contribution is -0.153. The van der Waals surface area contributed by atoms with Gasteiger partial charge < -0.3 is 15.5 Å². The molecule has 0 radical (unpaired) electrons. The molecule has 1 fully saturated rings. The number of piperazine rings is 1. The van der Waals surface area contributed by atoms with Gasteiger partial charge in [-0.25, -0.2) is 0 Å². The summed E-state index contributed by atoms with van der Waals surface area (Å²) < 4.78 is 0.